The highest BCUT2D eigenvalue weighted by atomic mass is 28.4. The Morgan fingerprint density at radius 1 is 0.931 bits per heavy atom. The lowest BCUT2D eigenvalue weighted by Crippen LogP contribution is -2.44. The summed E-state index contributed by atoms with van der Waals surface area (Å²) >= 11 is 0. The van der Waals surface area contributed by atoms with Crippen molar-refractivity contribution in [2.75, 3.05) is 6.61 Å². The molecule has 170 valence electrons. The molecule has 0 aliphatic carbocycles. The Labute approximate surface area is 182 Å². The van der Waals surface area contributed by atoms with Crippen LogP contribution >= 0.6 is 0 Å². The maximum Gasteiger partial charge on any atom is 0.192 e. The highest BCUT2D eigenvalue weighted by Gasteiger charge is 2.44. The molecule has 0 aromatic carbocycles. The lowest BCUT2D eigenvalue weighted by molar-refractivity contribution is -0.145. The Morgan fingerprint density at radius 3 is 1.93 bits per heavy atom. The van der Waals surface area contributed by atoms with Crippen molar-refractivity contribution in [2.24, 2.45) is 0 Å². The minimum Gasteiger partial charge on any atom is -0.414 e. The van der Waals surface area contributed by atoms with Crippen LogP contribution < -0.4 is 0 Å². The van der Waals surface area contributed by atoms with Crippen molar-refractivity contribution in [3.8, 4) is 11.8 Å². The van der Waals surface area contributed by atoms with Crippen LogP contribution in [-0.2, 0) is 18.3 Å². The maximum absolute atomic E-state index is 6.41. The molecule has 29 heavy (non-hydrogen) atoms. The van der Waals surface area contributed by atoms with Crippen LogP contribution in [0.1, 0.15) is 68.7 Å². The molecular weight excluding hydrogens is 396 g/mol. The van der Waals surface area contributed by atoms with Gasteiger partial charge in [0.05, 0.1) is 12.7 Å². The molecular formula is C23H46O4Si2. The summed E-state index contributed by atoms with van der Waals surface area (Å²) in [4.78, 5) is 0. The number of hydrogen-bond donors (Lipinski definition) is 0. The minimum absolute atomic E-state index is 0.112. The Bertz CT molecular complexity index is 603. The third-order valence-electron chi connectivity index (χ3n) is 6.53. The maximum atomic E-state index is 6.41. The van der Waals surface area contributed by atoms with Gasteiger partial charge in [-0.3, -0.25) is 0 Å². The Morgan fingerprint density at radius 2 is 1.45 bits per heavy atom. The summed E-state index contributed by atoms with van der Waals surface area (Å²) < 4.78 is 24.9. The molecule has 3 atom stereocenters. The summed E-state index contributed by atoms with van der Waals surface area (Å²) in [5.74, 6) is 5.95. The van der Waals surface area contributed by atoms with Gasteiger partial charge < -0.3 is 18.3 Å². The van der Waals surface area contributed by atoms with E-state index in [1.54, 1.807) is 0 Å². The zero-order valence-corrected chi connectivity index (χ0v) is 23.3. The standard InChI is InChI=1S/C23H46O4Si2/c1-18(27-29(12,13)22(5,6)7)15-14-16-19-20(26-23(8,9)25-19)17-24-28(10,11)21(2,3)4/h18-20H,15,17H2,1-13H3/t18-,19-,20-/m0/s1. The second-order valence-corrected chi connectivity index (χ2v) is 21.4. The fourth-order valence-electron chi connectivity index (χ4n) is 2.61. The van der Waals surface area contributed by atoms with E-state index in [4.69, 9.17) is 18.3 Å². The molecule has 1 heterocycles. The predicted octanol–water partition coefficient (Wildman–Crippen LogP) is 6.33. The topological polar surface area (TPSA) is 36.9 Å². The van der Waals surface area contributed by atoms with Gasteiger partial charge in [0.25, 0.3) is 0 Å². The fraction of sp³-hybridized carbons (Fsp3) is 0.913. The SMILES string of the molecule is C[C@@H](CC#C[C@@H]1OC(C)(C)O[C@H]1CO[Si](C)(C)C(C)(C)C)O[Si](C)(C)C(C)(C)C. The molecule has 0 spiro atoms. The molecule has 4 nitrogen and oxygen atoms in total. The summed E-state index contributed by atoms with van der Waals surface area (Å²) in [6.07, 6.45) is 0.376. The van der Waals surface area contributed by atoms with Crippen LogP contribution in [0.5, 0.6) is 0 Å². The van der Waals surface area contributed by atoms with Gasteiger partial charge in [0.2, 0.25) is 0 Å². The Kier molecular flexibility index (Phi) is 8.47. The van der Waals surface area contributed by atoms with Crippen molar-refractivity contribution in [3.05, 3.63) is 0 Å². The third kappa shape index (κ3) is 7.79. The van der Waals surface area contributed by atoms with E-state index < -0.39 is 22.4 Å². The van der Waals surface area contributed by atoms with Crippen LogP contribution in [0, 0.1) is 11.8 Å². The quantitative estimate of drug-likeness (QED) is 0.355. The summed E-state index contributed by atoms with van der Waals surface area (Å²) in [5.41, 5.74) is 0. The smallest absolute Gasteiger partial charge is 0.192 e. The lowest BCUT2D eigenvalue weighted by Gasteiger charge is -2.38. The van der Waals surface area contributed by atoms with Gasteiger partial charge in [-0.1, -0.05) is 53.4 Å². The highest BCUT2D eigenvalue weighted by Crippen LogP contribution is 2.38. The summed E-state index contributed by atoms with van der Waals surface area (Å²) in [5, 5.41) is 0.368. The molecule has 0 aromatic rings. The first-order chi connectivity index (χ1) is 12.8. The van der Waals surface area contributed by atoms with Gasteiger partial charge in [-0.25, -0.2) is 0 Å². The second-order valence-electron chi connectivity index (χ2n) is 11.9. The van der Waals surface area contributed by atoms with Gasteiger partial charge in [-0.15, -0.1) is 0 Å². The van der Waals surface area contributed by atoms with Crippen LogP contribution in [0.4, 0.5) is 0 Å². The zero-order chi connectivity index (χ0) is 22.9. The first-order valence-corrected chi connectivity index (χ1v) is 16.7. The van der Waals surface area contributed by atoms with E-state index in [1.165, 1.54) is 0 Å². The van der Waals surface area contributed by atoms with E-state index in [0.29, 0.717) is 13.0 Å². The Hall–Kier alpha value is -0.166. The number of ether oxygens (including phenoxy) is 2. The molecule has 0 radical (unpaired) electrons. The van der Waals surface area contributed by atoms with Crippen LogP contribution in [0.2, 0.25) is 36.3 Å². The summed E-state index contributed by atoms with van der Waals surface area (Å²) in [7, 11) is -3.62. The van der Waals surface area contributed by atoms with E-state index >= 15 is 0 Å². The second kappa shape index (κ2) is 9.14. The van der Waals surface area contributed by atoms with Gasteiger partial charge in [0.15, 0.2) is 22.4 Å². The third-order valence-corrected chi connectivity index (χ3v) is 15.6. The van der Waals surface area contributed by atoms with Crippen molar-refractivity contribution in [2.45, 2.75) is 129 Å². The van der Waals surface area contributed by atoms with Crippen molar-refractivity contribution in [1.82, 2.24) is 0 Å². The highest BCUT2D eigenvalue weighted by molar-refractivity contribution is 6.74. The molecule has 1 saturated heterocycles. The zero-order valence-electron chi connectivity index (χ0n) is 21.3. The van der Waals surface area contributed by atoms with Crippen LogP contribution in [0.15, 0.2) is 0 Å². The predicted molar refractivity (Wildman–Crippen MR) is 127 cm³/mol. The molecule has 6 heteroatoms. The Balaban J connectivity index is 2.74. The van der Waals surface area contributed by atoms with Crippen molar-refractivity contribution >= 4 is 16.6 Å². The first-order valence-electron chi connectivity index (χ1n) is 10.9. The van der Waals surface area contributed by atoms with E-state index in [1.807, 2.05) is 13.8 Å². The molecule has 0 saturated carbocycles. The number of hydrogen-bond acceptors (Lipinski definition) is 4. The molecule has 0 amide bonds. The van der Waals surface area contributed by atoms with Crippen molar-refractivity contribution in [1.29, 1.82) is 0 Å². The molecule has 0 aromatic heterocycles. The summed E-state index contributed by atoms with van der Waals surface area (Å²) in [6.45, 7) is 29.1. The van der Waals surface area contributed by atoms with E-state index in [-0.39, 0.29) is 28.4 Å². The number of rotatable bonds is 6. The first kappa shape index (κ1) is 26.9. The largest absolute Gasteiger partial charge is 0.414 e. The molecule has 0 bridgehead atoms. The van der Waals surface area contributed by atoms with Crippen molar-refractivity contribution in [3.63, 3.8) is 0 Å². The normalized spacial score (nSPS) is 24.2. The molecule has 0 unspecified atom stereocenters. The van der Waals surface area contributed by atoms with Crippen LogP contribution in [0.25, 0.3) is 0 Å². The molecule has 1 rings (SSSR count). The van der Waals surface area contributed by atoms with Gasteiger partial charge >= 0.3 is 0 Å². The van der Waals surface area contributed by atoms with Gasteiger partial charge in [0, 0.05) is 6.42 Å². The van der Waals surface area contributed by atoms with Gasteiger partial charge in [-0.2, -0.15) is 0 Å². The minimum atomic E-state index is -1.84. The van der Waals surface area contributed by atoms with E-state index in [9.17, 15) is 0 Å². The van der Waals surface area contributed by atoms with Gasteiger partial charge in [0.1, 0.15) is 12.2 Å². The van der Waals surface area contributed by atoms with Crippen molar-refractivity contribution < 1.29 is 18.3 Å². The van der Waals surface area contributed by atoms with Crippen LogP contribution in [0.3, 0.4) is 0 Å². The lowest BCUT2D eigenvalue weighted by atomic mass is 10.2. The molecule has 1 aliphatic rings. The monoisotopic (exact) mass is 442 g/mol. The van der Waals surface area contributed by atoms with E-state index in [2.05, 4.69) is 86.5 Å². The molecule has 1 aliphatic heterocycles. The fourth-order valence-corrected chi connectivity index (χ4v) is 5.07. The van der Waals surface area contributed by atoms with Gasteiger partial charge in [-0.05, 0) is 57.0 Å². The average Bonchev–Trinajstić information content (AvgIpc) is 2.76. The molecule has 0 N–H and O–H groups in total. The molecule has 1 fully saturated rings. The van der Waals surface area contributed by atoms with Crippen LogP contribution in [-0.4, -0.2) is 47.3 Å². The average molecular weight is 443 g/mol. The van der Waals surface area contributed by atoms with E-state index in [0.717, 1.165) is 0 Å². The summed E-state index contributed by atoms with van der Waals surface area (Å²) in [6, 6.07) is 0.